The van der Waals surface area contributed by atoms with E-state index >= 15 is 0 Å². The zero-order valence-electron chi connectivity index (χ0n) is 18.9. The summed E-state index contributed by atoms with van der Waals surface area (Å²) in [5, 5.41) is 12.5. The SMILES string of the molecule is COc1cc2c(cc1CC(=O)O)nc(Nc1ccc(OC(F)(F)F)cc1)n2C1CCCC(C)C1. The highest BCUT2D eigenvalue weighted by molar-refractivity contribution is 5.84. The van der Waals surface area contributed by atoms with E-state index in [1.165, 1.54) is 31.4 Å². The van der Waals surface area contributed by atoms with Crippen molar-refractivity contribution in [3.63, 3.8) is 0 Å². The molecule has 2 unspecified atom stereocenters. The maximum absolute atomic E-state index is 12.5. The van der Waals surface area contributed by atoms with Crippen LogP contribution >= 0.6 is 0 Å². The molecule has 4 rings (SSSR count). The number of fused-ring (bicyclic) bond motifs is 1. The third-order valence-electron chi connectivity index (χ3n) is 6.05. The van der Waals surface area contributed by atoms with E-state index in [0.717, 1.165) is 31.2 Å². The number of nitrogens with zero attached hydrogens (tertiary/aromatic N) is 2. The Hall–Kier alpha value is -3.43. The van der Waals surface area contributed by atoms with Crippen LogP contribution in [0.2, 0.25) is 0 Å². The number of imidazole rings is 1. The van der Waals surface area contributed by atoms with Gasteiger partial charge in [0.2, 0.25) is 5.95 Å². The van der Waals surface area contributed by atoms with Crippen LogP contribution in [0.5, 0.6) is 11.5 Å². The fourth-order valence-electron chi connectivity index (χ4n) is 4.62. The number of nitrogens with one attached hydrogen (secondary N) is 1. The zero-order valence-corrected chi connectivity index (χ0v) is 18.9. The average Bonchev–Trinajstić information content (AvgIpc) is 3.09. The van der Waals surface area contributed by atoms with Crippen LogP contribution in [0.4, 0.5) is 24.8 Å². The van der Waals surface area contributed by atoms with Gasteiger partial charge >= 0.3 is 12.3 Å². The van der Waals surface area contributed by atoms with Gasteiger partial charge in [0.15, 0.2) is 0 Å². The smallest absolute Gasteiger partial charge is 0.496 e. The van der Waals surface area contributed by atoms with E-state index < -0.39 is 12.3 Å². The Balaban J connectivity index is 1.75. The number of benzene rings is 2. The topological polar surface area (TPSA) is 85.6 Å². The molecule has 7 nitrogen and oxygen atoms in total. The van der Waals surface area contributed by atoms with Gasteiger partial charge in [0, 0.05) is 23.4 Å². The van der Waals surface area contributed by atoms with Gasteiger partial charge in [0.1, 0.15) is 11.5 Å². The number of alkyl halides is 3. The van der Waals surface area contributed by atoms with Crippen LogP contribution in [0.15, 0.2) is 36.4 Å². The first-order chi connectivity index (χ1) is 16.1. The van der Waals surface area contributed by atoms with Crippen LogP contribution in [-0.2, 0) is 11.2 Å². The van der Waals surface area contributed by atoms with Crippen LogP contribution in [0.1, 0.15) is 44.2 Å². The number of carboxylic acids is 1. The Morgan fingerprint density at radius 3 is 2.59 bits per heavy atom. The summed E-state index contributed by atoms with van der Waals surface area (Å²) < 4.78 is 48.9. The number of anilines is 2. The first-order valence-corrected chi connectivity index (χ1v) is 11.1. The third-order valence-corrected chi connectivity index (χ3v) is 6.05. The predicted octanol–water partition coefficient (Wildman–Crippen LogP) is 6.07. The normalized spacial score (nSPS) is 18.6. The predicted molar refractivity (Wildman–Crippen MR) is 121 cm³/mol. The van der Waals surface area contributed by atoms with E-state index in [1.54, 1.807) is 6.07 Å². The quantitative estimate of drug-likeness (QED) is 0.430. The lowest BCUT2D eigenvalue weighted by Crippen LogP contribution is -2.19. The van der Waals surface area contributed by atoms with Crippen molar-refractivity contribution in [3.8, 4) is 11.5 Å². The lowest BCUT2D eigenvalue weighted by atomic mass is 9.87. The molecule has 2 atom stereocenters. The van der Waals surface area contributed by atoms with E-state index in [-0.39, 0.29) is 18.2 Å². The number of rotatable bonds is 7. The zero-order chi connectivity index (χ0) is 24.5. The Morgan fingerprint density at radius 1 is 1.24 bits per heavy atom. The molecule has 0 saturated heterocycles. The number of halogens is 3. The van der Waals surface area contributed by atoms with Crippen molar-refractivity contribution in [2.24, 2.45) is 5.92 Å². The Bertz CT molecular complexity index is 1170. The molecule has 0 spiro atoms. The molecule has 34 heavy (non-hydrogen) atoms. The van der Waals surface area contributed by atoms with E-state index in [2.05, 4.69) is 21.5 Å². The van der Waals surface area contributed by atoms with Gasteiger partial charge in [-0.05, 0) is 49.1 Å². The highest BCUT2D eigenvalue weighted by Crippen LogP contribution is 2.39. The monoisotopic (exact) mass is 477 g/mol. The van der Waals surface area contributed by atoms with Crippen LogP contribution in [0, 0.1) is 5.92 Å². The summed E-state index contributed by atoms with van der Waals surface area (Å²) in [6.07, 6.45) is -0.815. The van der Waals surface area contributed by atoms with Gasteiger partial charge in [0.05, 0.1) is 24.6 Å². The van der Waals surface area contributed by atoms with Crippen LogP contribution in [0.25, 0.3) is 11.0 Å². The van der Waals surface area contributed by atoms with Gasteiger partial charge in [-0.1, -0.05) is 19.8 Å². The summed E-state index contributed by atoms with van der Waals surface area (Å²) in [4.78, 5) is 16.0. The molecule has 1 aliphatic carbocycles. The molecule has 10 heteroatoms. The standard InChI is InChI=1S/C24H26F3N3O4/c1-14-4-3-5-17(10-14)30-20-13-21(33-2)15(12-22(31)32)11-19(20)29-23(30)28-16-6-8-18(9-7-16)34-24(25,26)27/h6-9,11,13-14,17H,3-5,10,12H2,1-2H3,(H,28,29)(H,31,32). The molecule has 1 saturated carbocycles. The first kappa shape index (κ1) is 23.7. The van der Waals surface area contributed by atoms with Gasteiger partial charge in [-0.25, -0.2) is 4.98 Å². The van der Waals surface area contributed by atoms with Gasteiger partial charge in [-0.15, -0.1) is 13.2 Å². The molecule has 2 aromatic carbocycles. The third kappa shape index (κ3) is 5.37. The summed E-state index contributed by atoms with van der Waals surface area (Å²) in [5.41, 5.74) is 2.50. The Labute approximate surface area is 194 Å². The molecule has 0 radical (unpaired) electrons. The maximum atomic E-state index is 12.5. The van der Waals surface area contributed by atoms with Gasteiger partial charge < -0.3 is 24.5 Å². The van der Waals surface area contributed by atoms with Crippen molar-refractivity contribution in [1.29, 1.82) is 0 Å². The van der Waals surface area contributed by atoms with Crippen LogP contribution < -0.4 is 14.8 Å². The fourth-order valence-corrected chi connectivity index (χ4v) is 4.62. The van der Waals surface area contributed by atoms with E-state index in [0.29, 0.717) is 34.4 Å². The summed E-state index contributed by atoms with van der Waals surface area (Å²) in [6.45, 7) is 2.21. The minimum absolute atomic E-state index is 0.166. The number of ether oxygens (including phenoxy) is 2. The molecular formula is C24H26F3N3O4. The lowest BCUT2D eigenvalue weighted by Gasteiger charge is -2.29. The molecule has 0 amide bonds. The van der Waals surface area contributed by atoms with Gasteiger partial charge in [-0.2, -0.15) is 0 Å². The summed E-state index contributed by atoms with van der Waals surface area (Å²) >= 11 is 0. The highest BCUT2D eigenvalue weighted by Gasteiger charge is 2.31. The number of carbonyl (C=O) groups is 1. The highest BCUT2D eigenvalue weighted by atomic mass is 19.4. The molecule has 182 valence electrons. The molecule has 3 aromatic rings. The van der Waals surface area contributed by atoms with Crippen LogP contribution in [0.3, 0.4) is 0 Å². The first-order valence-electron chi connectivity index (χ1n) is 11.1. The van der Waals surface area contributed by atoms with Crippen molar-refractivity contribution >= 4 is 28.6 Å². The molecule has 1 aliphatic rings. The van der Waals surface area contributed by atoms with Crippen LogP contribution in [-0.4, -0.2) is 34.1 Å². The Kier molecular flexibility index (Phi) is 6.58. The number of aliphatic carboxylic acids is 1. The fraction of sp³-hybridized carbons (Fsp3) is 0.417. The number of hydrogen-bond donors (Lipinski definition) is 2. The summed E-state index contributed by atoms with van der Waals surface area (Å²) in [6, 6.07) is 9.15. The molecular weight excluding hydrogens is 451 g/mol. The molecule has 1 heterocycles. The average molecular weight is 477 g/mol. The number of hydrogen-bond acceptors (Lipinski definition) is 5. The van der Waals surface area contributed by atoms with E-state index in [4.69, 9.17) is 9.72 Å². The summed E-state index contributed by atoms with van der Waals surface area (Å²) in [7, 11) is 1.50. The molecule has 1 fully saturated rings. The van der Waals surface area contributed by atoms with Gasteiger partial charge in [-0.3, -0.25) is 4.79 Å². The van der Waals surface area contributed by atoms with Crippen molar-refractivity contribution in [3.05, 3.63) is 42.0 Å². The molecule has 0 bridgehead atoms. The maximum Gasteiger partial charge on any atom is 0.573 e. The second kappa shape index (κ2) is 9.44. The second-order valence-electron chi connectivity index (χ2n) is 8.65. The van der Waals surface area contributed by atoms with E-state index in [1.807, 2.05) is 6.07 Å². The van der Waals surface area contributed by atoms with Crippen molar-refractivity contribution in [2.75, 3.05) is 12.4 Å². The van der Waals surface area contributed by atoms with Gasteiger partial charge in [0.25, 0.3) is 0 Å². The summed E-state index contributed by atoms with van der Waals surface area (Å²) in [5.74, 6) is 0.262. The minimum atomic E-state index is -4.76. The largest absolute Gasteiger partial charge is 0.573 e. The van der Waals surface area contributed by atoms with E-state index in [9.17, 15) is 23.1 Å². The minimum Gasteiger partial charge on any atom is -0.496 e. The van der Waals surface area contributed by atoms with Crippen molar-refractivity contribution in [1.82, 2.24) is 9.55 Å². The molecule has 1 aromatic heterocycles. The Morgan fingerprint density at radius 2 is 1.97 bits per heavy atom. The number of carboxylic acid groups (broad SMARTS) is 1. The number of methoxy groups -OCH3 is 1. The van der Waals surface area contributed by atoms with Crippen molar-refractivity contribution in [2.45, 2.75) is 51.4 Å². The second-order valence-corrected chi connectivity index (χ2v) is 8.65. The van der Waals surface area contributed by atoms with Crippen molar-refractivity contribution < 1.29 is 32.5 Å². The molecule has 0 aliphatic heterocycles. The number of aromatic nitrogens is 2. The lowest BCUT2D eigenvalue weighted by molar-refractivity contribution is -0.274. The molecule has 2 N–H and O–H groups in total.